The molecule has 0 atom stereocenters. The molecule has 0 saturated heterocycles. The molecule has 2 nitrogen and oxygen atoms in total. The monoisotopic (exact) mass is 354 g/mol. The zero-order valence-electron chi connectivity index (χ0n) is 13.5. The van der Waals surface area contributed by atoms with E-state index in [4.69, 9.17) is 28.2 Å². The minimum Gasteiger partial charge on any atom is -0.352 e. The Hall–Kier alpha value is -1.71. The molecule has 1 aromatic heterocycles. The fourth-order valence-corrected chi connectivity index (χ4v) is 3.81. The first kappa shape index (κ1) is 15.8. The quantitative estimate of drug-likeness (QED) is 0.618. The first-order valence-corrected chi connectivity index (χ1v) is 8.95. The van der Waals surface area contributed by atoms with Gasteiger partial charge in [-0.05, 0) is 48.2 Å². The number of aryl methyl sites for hydroxylation is 1. The number of aromatic nitrogens is 1. The number of hydrogen-bond donors (Lipinski definition) is 0. The van der Waals surface area contributed by atoms with Gasteiger partial charge >= 0.3 is 0 Å². The van der Waals surface area contributed by atoms with Crippen LogP contribution in [-0.2, 0) is 13.0 Å². The highest BCUT2D eigenvalue weighted by Gasteiger charge is 2.17. The molecule has 0 radical (unpaired) electrons. The lowest BCUT2D eigenvalue weighted by Gasteiger charge is -2.23. The largest absolute Gasteiger partial charge is 0.352 e. The minimum absolute atomic E-state index is 0.679. The Labute approximate surface area is 152 Å². The van der Waals surface area contributed by atoms with Crippen molar-refractivity contribution in [3.05, 3.63) is 63.6 Å². The Bertz CT molecular complexity index is 927. The normalized spacial score (nSPS) is 14.5. The second kappa shape index (κ2) is 6.31. The van der Waals surface area contributed by atoms with E-state index in [0.717, 1.165) is 42.7 Å². The predicted molar refractivity (Wildman–Crippen MR) is 106 cm³/mol. The third-order valence-electron chi connectivity index (χ3n) is 4.63. The van der Waals surface area contributed by atoms with Crippen molar-refractivity contribution >= 4 is 53.2 Å². The molecular formula is C19H17BCl2N2. The first-order valence-electron chi connectivity index (χ1n) is 8.19. The van der Waals surface area contributed by atoms with Crippen LogP contribution in [-0.4, -0.2) is 19.4 Å². The van der Waals surface area contributed by atoms with Crippen molar-refractivity contribution in [2.45, 2.75) is 19.4 Å². The third kappa shape index (κ3) is 2.99. The fourth-order valence-electron chi connectivity index (χ4n) is 3.39. The summed E-state index contributed by atoms with van der Waals surface area (Å²) < 4.78 is 0. The van der Waals surface area contributed by atoms with Crippen LogP contribution in [0.3, 0.4) is 0 Å². The molecular weight excluding hydrogens is 338 g/mol. The molecule has 3 aromatic rings. The van der Waals surface area contributed by atoms with Crippen LogP contribution in [0.15, 0.2) is 42.5 Å². The summed E-state index contributed by atoms with van der Waals surface area (Å²) in [5.74, 6) is 0.934. The molecule has 0 spiro atoms. The van der Waals surface area contributed by atoms with Crippen molar-refractivity contribution in [3.8, 4) is 0 Å². The van der Waals surface area contributed by atoms with E-state index in [1.165, 1.54) is 16.6 Å². The second-order valence-corrected chi connectivity index (χ2v) is 7.26. The summed E-state index contributed by atoms with van der Waals surface area (Å²) in [5.41, 5.74) is 5.05. The van der Waals surface area contributed by atoms with Gasteiger partial charge in [-0.25, -0.2) is 4.98 Å². The summed E-state index contributed by atoms with van der Waals surface area (Å²) in [7, 11) is 2.15. The molecule has 5 heteroatoms. The van der Waals surface area contributed by atoms with Crippen LogP contribution in [0.25, 0.3) is 10.9 Å². The number of rotatable bonds is 1. The molecule has 0 bridgehead atoms. The first-order chi connectivity index (χ1) is 11.6. The molecule has 1 aliphatic heterocycles. The molecule has 24 heavy (non-hydrogen) atoms. The lowest BCUT2D eigenvalue weighted by molar-refractivity contribution is 0.756. The second-order valence-electron chi connectivity index (χ2n) is 6.42. The Morgan fingerprint density at radius 3 is 2.75 bits per heavy atom. The third-order valence-corrected chi connectivity index (χ3v) is 5.18. The van der Waals surface area contributed by atoms with Gasteiger partial charge in [0.15, 0.2) is 0 Å². The fraction of sp³-hybridized carbons (Fsp3) is 0.211. The van der Waals surface area contributed by atoms with E-state index in [9.17, 15) is 0 Å². The van der Waals surface area contributed by atoms with E-state index in [-0.39, 0.29) is 0 Å². The molecule has 120 valence electrons. The number of pyridine rings is 1. The van der Waals surface area contributed by atoms with Gasteiger partial charge in [-0.15, -0.1) is 0 Å². The van der Waals surface area contributed by atoms with Gasteiger partial charge in [0.1, 0.15) is 13.7 Å². The van der Waals surface area contributed by atoms with Gasteiger partial charge in [-0.3, -0.25) is 0 Å². The standard InChI is InChI=1S/C19H17BCl2N2/c20-14-4-3-13-11-24(7-1-2-12(13)8-14)19-10-17(22)16-9-15(21)5-6-18(16)23-19/h3-6,8-10H,1-2,7,11,20H2. The van der Waals surface area contributed by atoms with Crippen molar-refractivity contribution in [2.75, 3.05) is 11.4 Å². The zero-order chi connectivity index (χ0) is 16.7. The van der Waals surface area contributed by atoms with Crippen molar-refractivity contribution in [1.29, 1.82) is 0 Å². The molecule has 0 N–H and O–H groups in total. The van der Waals surface area contributed by atoms with Gasteiger partial charge in [-0.1, -0.05) is 46.9 Å². The van der Waals surface area contributed by atoms with Gasteiger partial charge in [0.2, 0.25) is 0 Å². The molecule has 0 saturated carbocycles. The molecule has 0 fully saturated rings. The van der Waals surface area contributed by atoms with Crippen LogP contribution in [0.2, 0.25) is 10.0 Å². The van der Waals surface area contributed by atoms with Crippen molar-refractivity contribution in [1.82, 2.24) is 4.98 Å². The summed E-state index contributed by atoms with van der Waals surface area (Å²) >= 11 is 12.6. The predicted octanol–water partition coefficient (Wildman–Crippen LogP) is 3.75. The van der Waals surface area contributed by atoms with E-state index >= 15 is 0 Å². The lowest BCUT2D eigenvalue weighted by Crippen LogP contribution is -2.23. The molecule has 0 unspecified atom stereocenters. The maximum absolute atomic E-state index is 6.49. The summed E-state index contributed by atoms with van der Waals surface area (Å²) in [6.07, 6.45) is 2.23. The van der Waals surface area contributed by atoms with E-state index < -0.39 is 0 Å². The number of fused-ring (bicyclic) bond motifs is 2. The molecule has 0 amide bonds. The number of nitrogens with zero attached hydrogens (tertiary/aromatic N) is 2. The summed E-state index contributed by atoms with van der Waals surface area (Å²) in [5, 5.41) is 2.28. The average Bonchev–Trinajstić information content (AvgIpc) is 2.77. The Kier molecular flexibility index (Phi) is 4.15. The molecule has 2 aromatic carbocycles. The van der Waals surface area contributed by atoms with E-state index in [1.807, 2.05) is 24.3 Å². The van der Waals surface area contributed by atoms with Gasteiger partial charge in [-0.2, -0.15) is 0 Å². The highest BCUT2D eigenvalue weighted by molar-refractivity contribution is 6.37. The Morgan fingerprint density at radius 2 is 1.88 bits per heavy atom. The van der Waals surface area contributed by atoms with Gasteiger partial charge in [0, 0.05) is 23.5 Å². The van der Waals surface area contributed by atoms with E-state index in [2.05, 4.69) is 30.9 Å². The van der Waals surface area contributed by atoms with Crippen LogP contribution in [0.4, 0.5) is 5.82 Å². The Balaban J connectivity index is 1.74. The highest BCUT2D eigenvalue weighted by Crippen LogP contribution is 2.30. The maximum Gasteiger partial charge on any atom is 0.139 e. The van der Waals surface area contributed by atoms with Crippen molar-refractivity contribution in [2.24, 2.45) is 0 Å². The number of benzene rings is 2. The molecule has 4 rings (SSSR count). The van der Waals surface area contributed by atoms with E-state index in [0.29, 0.717) is 10.0 Å². The van der Waals surface area contributed by atoms with Crippen LogP contribution in [0, 0.1) is 0 Å². The Morgan fingerprint density at radius 1 is 1.00 bits per heavy atom. The smallest absolute Gasteiger partial charge is 0.139 e. The number of anilines is 1. The van der Waals surface area contributed by atoms with Crippen LogP contribution >= 0.6 is 23.2 Å². The molecule has 2 heterocycles. The highest BCUT2D eigenvalue weighted by atomic mass is 35.5. The topological polar surface area (TPSA) is 16.1 Å². The van der Waals surface area contributed by atoms with Gasteiger partial charge in [0.05, 0.1) is 10.5 Å². The average molecular weight is 355 g/mol. The van der Waals surface area contributed by atoms with Crippen molar-refractivity contribution < 1.29 is 0 Å². The number of halogens is 2. The summed E-state index contributed by atoms with van der Waals surface area (Å²) in [4.78, 5) is 7.14. The summed E-state index contributed by atoms with van der Waals surface area (Å²) in [6, 6.07) is 14.4. The minimum atomic E-state index is 0.679. The number of hydrogen-bond acceptors (Lipinski definition) is 2. The van der Waals surface area contributed by atoms with Gasteiger partial charge < -0.3 is 4.90 Å². The van der Waals surface area contributed by atoms with Crippen molar-refractivity contribution in [3.63, 3.8) is 0 Å². The van der Waals surface area contributed by atoms with Crippen LogP contribution in [0.5, 0.6) is 0 Å². The van der Waals surface area contributed by atoms with Crippen LogP contribution in [0.1, 0.15) is 17.5 Å². The van der Waals surface area contributed by atoms with Gasteiger partial charge in [0.25, 0.3) is 0 Å². The summed E-state index contributed by atoms with van der Waals surface area (Å²) in [6.45, 7) is 1.86. The zero-order valence-corrected chi connectivity index (χ0v) is 15.0. The lowest BCUT2D eigenvalue weighted by atomic mass is 9.91. The maximum atomic E-state index is 6.49. The van der Waals surface area contributed by atoms with Crippen LogP contribution < -0.4 is 10.4 Å². The molecule has 1 aliphatic rings. The molecule has 0 aliphatic carbocycles. The van der Waals surface area contributed by atoms with E-state index in [1.54, 1.807) is 0 Å². The SMILES string of the molecule is Bc1ccc2c(c1)CCCN(c1cc(Cl)c3cc(Cl)ccc3n1)C2.